The quantitative estimate of drug-likeness (QED) is 0.662. The molecule has 2 N–H and O–H groups in total. The van der Waals surface area contributed by atoms with E-state index < -0.39 is 0 Å². The number of unbranched alkanes of at least 4 members (excludes halogenated alkanes) is 3. The number of hydrogen-bond acceptors (Lipinski definition) is 4. The highest BCUT2D eigenvalue weighted by molar-refractivity contribution is 5.46. The zero-order chi connectivity index (χ0) is 14.1. The standard InChI is InChI=1S/C15H28N4/c1-5-7-8-9-10-13(4)18-14-12(3)11-17-15(19-14)16-6-2/h11,13H,5-10H2,1-4H3,(H2,16,17,18,19). The van der Waals surface area contributed by atoms with Crippen LogP contribution in [-0.4, -0.2) is 22.6 Å². The summed E-state index contributed by atoms with van der Waals surface area (Å²) >= 11 is 0. The largest absolute Gasteiger partial charge is 0.367 e. The van der Waals surface area contributed by atoms with Crippen LogP contribution in [-0.2, 0) is 0 Å². The fourth-order valence-electron chi connectivity index (χ4n) is 2.01. The molecule has 19 heavy (non-hydrogen) atoms. The van der Waals surface area contributed by atoms with E-state index in [9.17, 15) is 0 Å². The number of nitrogens with zero attached hydrogens (tertiary/aromatic N) is 2. The van der Waals surface area contributed by atoms with Crippen molar-refractivity contribution in [3.05, 3.63) is 11.8 Å². The molecule has 1 aromatic rings. The first-order chi connectivity index (χ1) is 9.17. The van der Waals surface area contributed by atoms with Gasteiger partial charge in [0.2, 0.25) is 5.95 Å². The third-order valence-electron chi connectivity index (χ3n) is 3.18. The van der Waals surface area contributed by atoms with Gasteiger partial charge in [0, 0.05) is 24.3 Å². The first kappa shape index (κ1) is 15.7. The Hall–Kier alpha value is -1.32. The van der Waals surface area contributed by atoms with E-state index in [-0.39, 0.29) is 0 Å². The van der Waals surface area contributed by atoms with E-state index >= 15 is 0 Å². The van der Waals surface area contributed by atoms with Gasteiger partial charge >= 0.3 is 0 Å². The number of aryl methyl sites for hydroxylation is 1. The van der Waals surface area contributed by atoms with Gasteiger partial charge < -0.3 is 10.6 Å². The van der Waals surface area contributed by atoms with Crippen LogP contribution in [0, 0.1) is 6.92 Å². The normalized spacial score (nSPS) is 12.2. The molecule has 0 amide bonds. The lowest BCUT2D eigenvalue weighted by Gasteiger charge is -2.16. The number of aromatic nitrogens is 2. The van der Waals surface area contributed by atoms with Crippen molar-refractivity contribution in [2.75, 3.05) is 17.2 Å². The molecule has 1 atom stereocenters. The monoisotopic (exact) mass is 264 g/mol. The van der Waals surface area contributed by atoms with Gasteiger partial charge in [-0.3, -0.25) is 0 Å². The average molecular weight is 264 g/mol. The highest BCUT2D eigenvalue weighted by Crippen LogP contribution is 2.15. The predicted molar refractivity (Wildman–Crippen MR) is 82.8 cm³/mol. The van der Waals surface area contributed by atoms with Gasteiger partial charge in [0.05, 0.1) is 0 Å². The number of nitrogens with one attached hydrogen (secondary N) is 2. The minimum Gasteiger partial charge on any atom is -0.367 e. The summed E-state index contributed by atoms with van der Waals surface area (Å²) in [5, 5.41) is 6.64. The maximum Gasteiger partial charge on any atom is 0.224 e. The van der Waals surface area contributed by atoms with Crippen molar-refractivity contribution in [3.63, 3.8) is 0 Å². The molecular formula is C15H28N4. The zero-order valence-electron chi connectivity index (χ0n) is 12.8. The number of rotatable bonds is 9. The van der Waals surface area contributed by atoms with Crippen LogP contribution in [0.25, 0.3) is 0 Å². The molecule has 1 heterocycles. The van der Waals surface area contributed by atoms with Crippen LogP contribution in [0.5, 0.6) is 0 Å². The van der Waals surface area contributed by atoms with Crippen LogP contribution < -0.4 is 10.6 Å². The van der Waals surface area contributed by atoms with Gasteiger partial charge in [0.25, 0.3) is 0 Å². The van der Waals surface area contributed by atoms with E-state index in [1.54, 1.807) is 0 Å². The van der Waals surface area contributed by atoms with E-state index in [4.69, 9.17) is 0 Å². The summed E-state index contributed by atoms with van der Waals surface area (Å²) < 4.78 is 0. The van der Waals surface area contributed by atoms with Gasteiger partial charge in [0.15, 0.2) is 0 Å². The van der Waals surface area contributed by atoms with Gasteiger partial charge in [-0.05, 0) is 27.2 Å². The van der Waals surface area contributed by atoms with E-state index in [2.05, 4.69) is 34.4 Å². The van der Waals surface area contributed by atoms with Crippen LogP contribution in [0.15, 0.2) is 6.20 Å². The van der Waals surface area contributed by atoms with Crippen molar-refractivity contribution in [1.29, 1.82) is 0 Å². The van der Waals surface area contributed by atoms with Gasteiger partial charge in [-0.2, -0.15) is 4.98 Å². The van der Waals surface area contributed by atoms with Crippen molar-refractivity contribution in [2.45, 2.75) is 65.8 Å². The molecule has 4 nitrogen and oxygen atoms in total. The molecule has 4 heteroatoms. The predicted octanol–water partition coefficient (Wildman–Crippen LogP) is 3.99. The van der Waals surface area contributed by atoms with E-state index in [1.165, 1.54) is 32.1 Å². The Morgan fingerprint density at radius 2 is 2.00 bits per heavy atom. The topological polar surface area (TPSA) is 49.8 Å². The molecule has 1 rings (SSSR count). The van der Waals surface area contributed by atoms with Crippen LogP contribution in [0.4, 0.5) is 11.8 Å². The highest BCUT2D eigenvalue weighted by atomic mass is 15.1. The molecule has 0 bridgehead atoms. The van der Waals surface area contributed by atoms with Crippen LogP contribution in [0.1, 0.15) is 58.4 Å². The molecule has 0 spiro atoms. The first-order valence-corrected chi connectivity index (χ1v) is 7.51. The zero-order valence-corrected chi connectivity index (χ0v) is 12.8. The van der Waals surface area contributed by atoms with Gasteiger partial charge in [-0.1, -0.05) is 32.6 Å². The molecule has 108 valence electrons. The van der Waals surface area contributed by atoms with Crippen LogP contribution in [0.3, 0.4) is 0 Å². The summed E-state index contributed by atoms with van der Waals surface area (Å²) in [6, 6.07) is 0.458. The third-order valence-corrected chi connectivity index (χ3v) is 3.18. The van der Waals surface area contributed by atoms with Crippen molar-refractivity contribution in [1.82, 2.24) is 9.97 Å². The lowest BCUT2D eigenvalue weighted by atomic mass is 10.1. The molecule has 0 saturated carbocycles. The Balaban J connectivity index is 2.48. The molecule has 1 aromatic heterocycles. The molecule has 0 aliphatic rings. The summed E-state index contributed by atoms with van der Waals surface area (Å²) in [5.74, 6) is 1.66. The van der Waals surface area contributed by atoms with E-state index in [1.807, 2.05) is 20.0 Å². The Labute approximate surface area is 117 Å². The average Bonchev–Trinajstić information content (AvgIpc) is 2.39. The second-order valence-corrected chi connectivity index (χ2v) is 5.15. The summed E-state index contributed by atoms with van der Waals surface area (Å²) in [6.07, 6.45) is 8.31. The second kappa shape index (κ2) is 8.73. The SMILES string of the molecule is CCCCCCC(C)Nc1nc(NCC)ncc1C. The molecule has 1 unspecified atom stereocenters. The fourth-order valence-corrected chi connectivity index (χ4v) is 2.01. The lowest BCUT2D eigenvalue weighted by molar-refractivity contribution is 0.592. The Bertz CT molecular complexity index is 365. The molecule has 0 fully saturated rings. The highest BCUT2D eigenvalue weighted by Gasteiger charge is 2.07. The molecular weight excluding hydrogens is 236 g/mol. The molecule has 0 aliphatic heterocycles. The maximum absolute atomic E-state index is 4.51. The van der Waals surface area contributed by atoms with Gasteiger partial charge in [-0.25, -0.2) is 4.98 Å². The summed E-state index contributed by atoms with van der Waals surface area (Å²) in [6.45, 7) is 9.40. The van der Waals surface area contributed by atoms with Crippen LogP contribution in [0.2, 0.25) is 0 Å². The minimum absolute atomic E-state index is 0.458. The van der Waals surface area contributed by atoms with Gasteiger partial charge in [0.1, 0.15) is 5.82 Å². The van der Waals surface area contributed by atoms with Crippen molar-refractivity contribution >= 4 is 11.8 Å². The van der Waals surface area contributed by atoms with Crippen molar-refractivity contribution in [3.8, 4) is 0 Å². The Morgan fingerprint density at radius 1 is 1.21 bits per heavy atom. The first-order valence-electron chi connectivity index (χ1n) is 7.51. The fraction of sp³-hybridized carbons (Fsp3) is 0.733. The smallest absolute Gasteiger partial charge is 0.224 e. The Kier molecular flexibility index (Phi) is 7.23. The number of anilines is 2. The third kappa shape index (κ3) is 5.90. The second-order valence-electron chi connectivity index (χ2n) is 5.15. The summed E-state index contributed by atoms with van der Waals surface area (Å²) in [7, 11) is 0. The number of hydrogen-bond donors (Lipinski definition) is 2. The molecule has 0 aliphatic carbocycles. The molecule has 0 radical (unpaired) electrons. The van der Waals surface area contributed by atoms with Crippen LogP contribution >= 0.6 is 0 Å². The van der Waals surface area contributed by atoms with Gasteiger partial charge in [-0.15, -0.1) is 0 Å². The Morgan fingerprint density at radius 3 is 2.68 bits per heavy atom. The van der Waals surface area contributed by atoms with E-state index in [0.717, 1.165) is 17.9 Å². The van der Waals surface area contributed by atoms with Crippen molar-refractivity contribution < 1.29 is 0 Å². The molecule has 0 aromatic carbocycles. The molecule has 0 saturated heterocycles. The maximum atomic E-state index is 4.51. The minimum atomic E-state index is 0.458. The summed E-state index contributed by atoms with van der Waals surface area (Å²) in [5.41, 5.74) is 1.10. The summed E-state index contributed by atoms with van der Waals surface area (Å²) in [4.78, 5) is 8.77. The van der Waals surface area contributed by atoms with E-state index in [0.29, 0.717) is 12.0 Å². The lowest BCUT2D eigenvalue weighted by Crippen LogP contribution is -2.17. The van der Waals surface area contributed by atoms with Crippen molar-refractivity contribution in [2.24, 2.45) is 0 Å².